The Hall–Kier alpha value is -1.72. The topological polar surface area (TPSA) is 39.9 Å². The Labute approximate surface area is 148 Å². The Morgan fingerprint density at radius 2 is 1.83 bits per heavy atom. The maximum absolute atomic E-state index is 11.7. The first-order chi connectivity index (χ1) is 11.3. The summed E-state index contributed by atoms with van der Waals surface area (Å²) in [6.45, 7) is 6.91. The van der Waals surface area contributed by atoms with Gasteiger partial charge in [-0.05, 0) is 18.6 Å². The van der Waals surface area contributed by atoms with Crippen molar-refractivity contribution in [3.05, 3.63) is 30.5 Å². The highest BCUT2D eigenvalue weighted by molar-refractivity contribution is 5.89. The number of hydrogen-bond acceptors (Lipinski definition) is 4. The first-order valence-corrected chi connectivity index (χ1v) is 8.52. The Morgan fingerprint density at radius 1 is 1.00 bits per heavy atom. The summed E-state index contributed by atoms with van der Waals surface area (Å²) in [5.74, 6) is 0.327. The Bertz CT molecular complexity index is 694. The molecule has 1 aromatic heterocycles. The van der Waals surface area contributed by atoms with Gasteiger partial charge in [0, 0.05) is 57.6 Å². The van der Waals surface area contributed by atoms with E-state index in [2.05, 4.69) is 28.0 Å². The number of para-hydroxylation sites is 1. The minimum absolute atomic E-state index is 0. The number of fused-ring (bicyclic) bond motifs is 1. The van der Waals surface area contributed by atoms with Crippen LogP contribution in [0.25, 0.3) is 11.0 Å². The molecule has 0 saturated carbocycles. The van der Waals surface area contributed by atoms with Crippen LogP contribution >= 0.6 is 12.4 Å². The molecule has 0 aliphatic carbocycles. The summed E-state index contributed by atoms with van der Waals surface area (Å²) in [6.07, 6.45) is 3.53. The number of furan rings is 1. The normalized spacial score (nSPS) is 19.1. The maximum Gasteiger partial charge on any atom is 0.222 e. The van der Waals surface area contributed by atoms with E-state index in [4.69, 9.17) is 4.42 Å². The van der Waals surface area contributed by atoms with E-state index in [1.54, 1.807) is 6.26 Å². The first-order valence-electron chi connectivity index (χ1n) is 8.52. The highest BCUT2D eigenvalue weighted by Gasteiger charge is 2.23. The fourth-order valence-corrected chi connectivity index (χ4v) is 3.64. The van der Waals surface area contributed by atoms with Gasteiger partial charge in [0.2, 0.25) is 5.91 Å². The Kier molecular flexibility index (Phi) is 5.31. The number of halogens is 1. The van der Waals surface area contributed by atoms with E-state index in [1.807, 2.05) is 11.0 Å². The van der Waals surface area contributed by atoms with Gasteiger partial charge >= 0.3 is 0 Å². The van der Waals surface area contributed by atoms with Crippen molar-refractivity contribution in [1.82, 2.24) is 9.80 Å². The molecule has 0 radical (unpaired) electrons. The molecule has 0 bridgehead atoms. The van der Waals surface area contributed by atoms with Gasteiger partial charge in [0.1, 0.15) is 0 Å². The lowest BCUT2D eigenvalue weighted by Gasteiger charge is -2.36. The summed E-state index contributed by atoms with van der Waals surface area (Å²) in [7, 11) is 0. The van der Waals surface area contributed by atoms with Crippen LogP contribution in [-0.2, 0) is 4.79 Å². The van der Waals surface area contributed by atoms with E-state index in [0.717, 1.165) is 69.6 Å². The van der Waals surface area contributed by atoms with Crippen LogP contribution in [0.15, 0.2) is 34.9 Å². The number of anilines is 1. The van der Waals surface area contributed by atoms with Gasteiger partial charge in [-0.2, -0.15) is 0 Å². The van der Waals surface area contributed by atoms with Crippen LogP contribution in [0.2, 0.25) is 0 Å². The van der Waals surface area contributed by atoms with Crippen molar-refractivity contribution in [2.75, 3.05) is 50.7 Å². The van der Waals surface area contributed by atoms with Gasteiger partial charge < -0.3 is 14.2 Å². The third kappa shape index (κ3) is 3.37. The average Bonchev–Trinajstić information content (AvgIpc) is 3.22. The number of amides is 1. The molecular weight excluding hydrogens is 326 g/mol. The molecule has 130 valence electrons. The molecule has 0 spiro atoms. The van der Waals surface area contributed by atoms with Crippen molar-refractivity contribution < 1.29 is 9.21 Å². The number of nitrogens with zero attached hydrogens (tertiary/aromatic N) is 3. The van der Waals surface area contributed by atoms with Gasteiger partial charge in [-0.25, -0.2) is 0 Å². The summed E-state index contributed by atoms with van der Waals surface area (Å²) >= 11 is 0. The van der Waals surface area contributed by atoms with Crippen LogP contribution in [0.1, 0.15) is 12.8 Å². The summed E-state index contributed by atoms with van der Waals surface area (Å²) in [5, 5.41) is 1.16. The largest absolute Gasteiger partial charge is 0.462 e. The minimum Gasteiger partial charge on any atom is -0.462 e. The van der Waals surface area contributed by atoms with Gasteiger partial charge in [-0.15, -0.1) is 12.4 Å². The van der Waals surface area contributed by atoms with Gasteiger partial charge in [-0.3, -0.25) is 9.69 Å². The number of benzene rings is 1. The minimum atomic E-state index is 0. The second kappa shape index (κ2) is 7.45. The van der Waals surface area contributed by atoms with Crippen molar-refractivity contribution in [1.29, 1.82) is 0 Å². The molecule has 4 rings (SSSR count). The van der Waals surface area contributed by atoms with Crippen LogP contribution in [0, 0.1) is 0 Å². The van der Waals surface area contributed by atoms with Gasteiger partial charge in [0.25, 0.3) is 0 Å². The molecule has 2 aromatic rings. The zero-order valence-corrected chi connectivity index (χ0v) is 14.6. The molecule has 0 atom stereocenters. The molecule has 2 aliphatic heterocycles. The number of carbonyl (C=O) groups excluding carboxylic acids is 1. The van der Waals surface area contributed by atoms with Crippen LogP contribution in [0.3, 0.4) is 0 Å². The van der Waals surface area contributed by atoms with Gasteiger partial charge in [0.15, 0.2) is 5.58 Å². The monoisotopic (exact) mass is 349 g/mol. The molecule has 6 heteroatoms. The zero-order chi connectivity index (χ0) is 15.6. The highest BCUT2D eigenvalue weighted by Crippen LogP contribution is 2.28. The van der Waals surface area contributed by atoms with E-state index < -0.39 is 0 Å². The van der Waals surface area contributed by atoms with E-state index in [1.165, 1.54) is 5.69 Å². The zero-order valence-electron chi connectivity index (χ0n) is 13.8. The molecule has 1 aromatic carbocycles. The second-order valence-corrected chi connectivity index (χ2v) is 6.43. The Morgan fingerprint density at radius 3 is 2.58 bits per heavy atom. The summed E-state index contributed by atoms with van der Waals surface area (Å²) in [4.78, 5) is 18.6. The molecule has 0 unspecified atom stereocenters. The van der Waals surface area contributed by atoms with E-state index in [-0.39, 0.29) is 12.4 Å². The standard InChI is InChI=1S/C18H23N3O2.ClH/c22-17-5-2-7-21(17)13-10-19-8-11-20(12-9-19)16-4-1-3-15-6-14-23-18(15)16;/h1,3-4,6,14H,2,5,7-13H2;1H. The number of rotatable bonds is 4. The molecule has 1 amide bonds. The van der Waals surface area contributed by atoms with E-state index in [0.29, 0.717) is 5.91 Å². The van der Waals surface area contributed by atoms with Crippen LogP contribution in [0.4, 0.5) is 5.69 Å². The Balaban J connectivity index is 0.00000169. The summed E-state index contributed by atoms with van der Waals surface area (Å²) in [6, 6.07) is 8.34. The average molecular weight is 350 g/mol. The fraction of sp³-hybridized carbons (Fsp3) is 0.500. The maximum atomic E-state index is 11.7. The molecule has 3 heterocycles. The third-order valence-electron chi connectivity index (χ3n) is 5.03. The van der Waals surface area contributed by atoms with Gasteiger partial charge in [0.05, 0.1) is 12.0 Å². The predicted octanol–water partition coefficient (Wildman–Crippen LogP) is 2.60. The van der Waals surface area contributed by atoms with E-state index in [9.17, 15) is 4.79 Å². The number of carbonyl (C=O) groups is 1. The van der Waals surface area contributed by atoms with Crippen molar-refractivity contribution in [2.45, 2.75) is 12.8 Å². The van der Waals surface area contributed by atoms with Crippen molar-refractivity contribution in [3.63, 3.8) is 0 Å². The molecule has 5 nitrogen and oxygen atoms in total. The number of hydrogen-bond donors (Lipinski definition) is 0. The van der Waals surface area contributed by atoms with Crippen molar-refractivity contribution >= 4 is 35.0 Å². The molecule has 2 fully saturated rings. The van der Waals surface area contributed by atoms with Crippen LogP contribution in [-0.4, -0.2) is 61.5 Å². The molecule has 0 N–H and O–H groups in total. The van der Waals surface area contributed by atoms with Gasteiger partial charge in [-0.1, -0.05) is 12.1 Å². The molecule has 24 heavy (non-hydrogen) atoms. The lowest BCUT2D eigenvalue weighted by atomic mass is 10.2. The molecule has 2 saturated heterocycles. The molecular formula is C18H24ClN3O2. The van der Waals surface area contributed by atoms with Crippen LogP contribution in [0.5, 0.6) is 0 Å². The lowest BCUT2D eigenvalue weighted by Crippen LogP contribution is -2.48. The fourth-order valence-electron chi connectivity index (χ4n) is 3.64. The van der Waals surface area contributed by atoms with Crippen LogP contribution < -0.4 is 4.90 Å². The lowest BCUT2D eigenvalue weighted by molar-refractivity contribution is -0.127. The number of likely N-dealkylation sites (tertiary alicyclic amines) is 1. The SMILES string of the molecule is Cl.O=C1CCCN1CCN1CCN(c2cccc3ccoc23)CC1. The quantitative estimate of drug-likeness (QED) is 0.850. The predicted molar refractivity (Wildman–Crippen MR) is 97.9 cm³/mol. The van der Waals surface area contributed by atoms with Crippen molar-refractivity contribution in [2.24, 2.45) is 0 Å². The smallest absolute Gasteiger partial charge is 0.222 e. The highest BCUT2D eigenvalue weighted by atomic mass is 35.5. The van der Waals surface area contributed by atoms with E-state index >= 15 is 0 Å². The second-order valence-electron chi connectivity index (χ2n) is 6.43. The van der Waals surface area contributed by atoms with Crippen molar-refractivity contribution in [3.8, 4) is 0 Å². The first kappa shape index (κ1) is 17.1. The number of piperazine rings is 1. The summed E-state index contributed by atoms with van der Waals surface area (Å²) in [5.41, 5.74) is 2.19. The third-order valence-corrected chi connectivity index (χ3v) is 5.03. The summed E-state index contributed by atoms with van der Waals surface area (Å²) < 4.78 is 5.66. The molecule has 2 aliphatic rings.